The van der Waals surface area contributed by atoms with Gasteiger partial charge in [0.2, 0.25) is 0 Å². The molecule has 1 aromatic carbocycles. The summed E-state index contributed by atoms with van der Waals surface area (Å²) in [7, 11) is 1.69. The molecule has 0 radical (unpaired) electrons. The standard InChI is InChI=1S/C14H20O2/c1-11(2)14(9-15)8-12-4-6-13(7-5-12)10-16-3/h4-8,11,15H,9-10H2,1-3H3. The molecule has 0 aliphatic heterocycles. The average Bonchev–Trinajstić information content (AvgIpc) is 2.28. The number of aliphatic hydroxyl groups excluding tert-OH is 1. The fraction of sp³-hybridized carbons (Fsp3) is 0.429. The van der Waals surface area contributed by atoms with Gasteiger partial charge >= 0.3 is 0 Å². The van der Waals surface area contributed by atoms with Crippen molar-refractivity contribution >= 4 is 6.08 Å². The summed E-state index contributed by atoms with van der Waals surface area (Å²) in [5.74, 6) is 0.378. The quantitative estimate of drug-likeness (QED) is 0.826. The van der Waals surface area contributed by atoms with E-state index in [0.717, 1.165) is 16.7 Å². The van der Waals surface area contributed by atoms with E-state index in [1.165, 1.54) is 0 Å². The minimum atomic E-state index is 0.123. The van der Waals surface area contributed by atoms with E-state index in [1.807, 2.05) is 30.3 Å². The number of aliphatic hydroxyl groups is 1. The van der Waals surface area contributed by atoms with Crippen LogP contribution in [0.15, 0.2) is 29.8 Å². The smallest absolute Gasteiger partial charge is 0.0713 e. The fourth-order valence-corrected chi connectivity index (χ4v) is 1.49. The second-order valence-electron chi connectivity index (χ2n) is 4.21. The van der Waals surface area contributed by atoms with Crippen molar-refractivity contribution in [1.82, 2.24) is 0 Å². The first-order chi connectivity index (χ1) is 7.67. The molecule has 1 N–H and O–H groups in total. The van der Waals surface area contributed by atoms with Gasteiger partial charge in [0.05, 0.1) is 13.2 Å². The van der Waals surface area contributed by atoms with E-state index in [1.54, 1.807) is 7.11 Å². The number of hydrogen-bond donors (Lipinski definition) is 1. The van der Waals surface area contributed by atoms with Crippen LogP contribution in [-0.4, -0.2) is 18.8 Å². The first-order valence-corrected chi connectivity index (χ1v) is 5.56. The van der Waals surface area contributed by atoms with Gasteiger partial charge in [-0.05, 0) is 22.6 Å². The minimum absolute atomic E-state index is 0.123. The summed E-state index contributed by atoms with van der Waals surface area (Å²) < 4.78 is 5.05. The van der Waals surface area contributed by atoms with Gasteiger partial charge in [0.15, 0.2) is 0 Å². The molecule has 0 fully saturated rings. The summed E-state index contributed by atoms with van der Waals surface area (Å²) in [4.78, 5) is 0. The van der Waals surface area contributed by atoms with Gasteiger partial charge < -0.3 is 9.84 Å². The van der Waals surface area contributed by atoms with Gasteiger partial charge in [0, 0.05) is 7.11 Å². The van der Waals surface area contributed by atoms with E-state index in [4.69, 9.17) is 4.74 Å². The number of benzene rings is 1. The van der Waals surface area contributed by atoms with Crippen molar-refractivity contribution in [3.63, 3.8) is 0 Å². The van der Waals surface area contributed by atoms with E-state index in [-0.39, 0.29) is 6.61 Å². The molecule has 0 heterocycles. The van der Waals surface area contributed by atoms with Crippen molar-refractivity contribution in [2.24, 2.45) is 5.92 Å². The third kappa shape index (κ3) is 3.80. The highest BCUT2D eigenvalue weighted by Gasteiger charge is 2.01. The lowest BCUT2D eigenvalue weighted by Gasteiger charge is -2.08. The van der Waals surface area contributed by atoms with Crippen LogP contribution in [0.5, 0.6) is 0 Å². The Morgan fingerprint density at radius 2 is 1.94 bits per heavy atom. The molecule has 0 saturated heterocycles. The summed E-state index contributed by atoms with van der Waals surface area (Å²) in [6.45, 7) is 4.93. The molecule has 2 nitrogen and oxygen atoms in total. The highest BCUT2D eigenvalue weighted by atomic mass is 16.5. The Bertz CT molecular complexity index is 336. The van der Waals surface area contributed by atoms with Crippen LogP contribution < -0.4 is 0 Å². The van der Waals surface area contributed by atoms with Crippen LogP contribution in [0.25, 0.3) is 6.08 Å². The molecular weight excluding hydrogens is 200 g/mol. The lowest BCUT2D eigenvalue weighted by atomic mass is 10.0. The molecule has 1 aromatic rings. The summed E-state index contributed by atoms with van der Waals surface area (Å²) in [6, 6.07) is 8.19. The van der Waals surface area contributed by atoms with Gasteiger partial charge in [-0.2, -0.15) is 0 Å². The molecule has 0 spiro atoms. The summed E-state index contributed by atoms with van der Waals surface area (Å²) >= 11 is 0. The molecule has 16 heavy (non-hydrogen) atoms. The fourth-order valence-electron chi connectivity index (χ4n) is 1.49. The van der Waals surface area contributed by atoms with E-state index in [0.29, 0.717) is 12.5 Å². The van der Waals surface area contributed by atoms with Gasteiger partial charge in [0.25, 0.3) is 0 Å². The second kappa shape index (κ2) is 6.46. The molecule has 0 bridgehead atoms. The molecule has 0 aliphatic rings. The van der Waals surface area contributed by atoms with Crippen LogP contribution in [0.2, 0.25) is 0 Å². The molecule has 0 saturated carbocycles. The van der Waals surface area contributed by atoms with Gasteiger partial charge in [-0.25, -0.2) is 0 Å². The van der Waals surface area contributed by atoms with Crippen molar-refractivity contribution in [2.45, 2.75) is 20.5 Å². The van der Waals surface area contributed by atoms with Crippen LogP contribution in [0.4, 0.5) is 0 Å². The van der Waals surface area contributed by atoms with E-state index in [9.17, 15) is 5.11 Å². The molecule has 0 aromatic heterocycles. The van der Waals surface area contributed by atoms with Crippen LogP contribution in [0.3, 0.4) is 0 Å². The first kappa shape index (κ1) is 12.9. The van der Waals surface area contributed by atoms with Gasteiger partial charge in [-0.15, -0.1) is 0 Å². The Kier molecular flexibility index (Phi) is 5.23. The molecule has 0 unspecified atom stereocenters. The highest BCUT2D eigenvalue weighted by Crippen LogP contribution is 2.15. The van der Waals surface area contributed by atoms with Crippen molar-refractivity contribution < 1.29 is 9.84 Å². The number of rotatable bonds is 5. The minimum Gasteiger partial charge on any atom is -0.392 e. The SMILES string of the molecule is COCc1ccc(C=C(CO)C(C)C)cc1. The Balaban J connectivity index is 2.81. The normalized spacial score (nSPS) is 12.2. The van der Waals surface area contributed by atoms with Crippen molar-refractivity contribution in [3.05, 3.63) is 41.0 Å². The van der Waals surface area contributed by atoms with E-state index >= 15 is 0 Å². The predicted molar refractivity (Wildman–Crippen MR) is 67.1 cm³/mol. The lowest BCUT2D eigenvalue weighted by Crippen LogP contribution is -1.98. The van der Waals surface area contributed by atoms with Crippen LogP contribution >= 0.6 is 0 Å². The maximum atomic E-state index is 9.21. The molecular formula is C14H20O2. The van der Waals surface area contributed by atoms with Crippen molar-refractivity contribution in [3.8, 4) is 0 Å². The molecule has 1 rings (SSSR count). The van der Waals surface area contributed by atoms with Crippen LogP contribution in [-0.2, 0) is 11.3 Å². The Morgan fingerprint density at radius 1 is 1.31 bits per heavy atom. The molecule has 0 atom stereocenters. The van der Waals surface area contributed by atoms with Crippen LogP contribution in [0, 0.1) is 5.92 Å². The number of hydrogen-bond acceptors (Lipinski definition) is 2. The zero-order chi connectivity index (χ0) is 12.0. The monoisotopic (exact) mass is 220 g/mol. The molecule has 0 aliphatic carbocycles. The molecule has 88 valence electrons. The van der Waals surface area contributed by atoms with E-state index in [2.05, 4.69) is 13.8 Å². The van der Waals surface area contributed by atoms with Gasteiger partial charge in [-0.1, -0.05) is 44.2 Å². The Labute approximate surface area is 97.6 Å². The summed E-state index contributed by atoms with van der Waals surface area (Å²) in [5.41, 5.74) is 3.34. The first-order valence-electron chi connectivity index (χ1n) is 5.56. The molecule has 2 heteroatoms. The third-order valence-electron chi connectivity index (χ3n) is 2.57. The third-order valence-corrected chi connectivity index (χ3v) is 2.57. The average molecular weight is 220 g/mol. The zero-order valence-corrected chi connectivity index (χ0v) is 10.2. The maximum Gasteiger partial charge on any atom is 0.0713 e. The number of methoxy groups -OCH3 is 1. The summed E-state index contributed by atoms with van der Waals surface area (Å²) in [6.07, 6.45) is 2.04. The zero-order valence-electron chi connectivity index (χ0n) is 10.2. The number of ether oxygens (including phenoxy) is 1. The van der Waals surface area contributed by atoms with Crippen molar-refractivity contribution in [2.75, 3.05) is 13.7 Å². The van der Waals surface area contributed by atoms with Crippen molar-refractivity contribution in [1.29, 1.82) is 0 Å². The Morgan fingerprint density at radius 3 is 2.38 bits per heavy atom. The van der Waals surface area contributed by atoms with Crippen LogP contribution in [0.1, 0.15) is 25.0 Å². The second-order valence-corrected chi connectivity index (χ2v) is 4.21. The maximum absolute atomic E-state index is 9.21. The largest absolute Gasteiger partial charge is 0.392 e. The predicted octanol–water partition coefficient (Wildman–Crippen LogP) is 2.86. The van der Waals surface area contributed by atoms with Gasteiger partial charge in [-0.3, -0.25) is 0 Å². The molecule has 0 amide bonds. The highest BCUT2D eigenvalue weighted by molar-refractivity contribution is 5.53. The topological polar surface area (TPSA) is 29.5 Å². The van der Waals surface area contributed by atoms with E-state index < -0.39 is 0 Å². The summed E-state index contributed by atoms with van der Waals surface area (Å²) in [5, 5.41) is 9.21. The lowest BCUT2D eigenvalue weighted by molar-refractivity contribution is 0.185. The Hall–Kier alpha value is -1.12. The van der Waals surface area contributed by atoms with Gasteiger partial charge in [0.1, 0.15) is 0 Å².